The molecule has 7 heteroatoms. The molecule has 0 aliphatic rings. The van der Waals surface area contributed by atoms with E-state index >= 15 is 0 Å². The van der Waals surface area contributed by atoms with E-state index < -0.39 is 0 Å². The van der Waals surface area contributed by atoms with Crippen LogP contribution < -0.4 is 16.0 Å². The lowest BCUT2D eigenvalue weighted by atomic mass is 9.89. The summed E-state index contributed by atoms with van der Waals surface area (Å²) in [6.45, 7) is 10.5. The van der Waals surface area contributed by atoms with Crippen molar-refractivity contribution >= 4 is 35.8 Å². The molecule has 1 aromatic carbocycles. The van der Waals surface area contributed by atoms with E-state index in [0.717, 1.165) is 18.1 Å². The van der Waals surface area contributed by atoms with E-state index in [2.05, 4.69) is 41.7 Å². The van der Waals surface area contributed by atoms with Gasteiger partial charge in [0.15, 0.2) is 5.96 Å². The normalized spacial score (nSPS) is 12.8. The largest absolute Gasteiger partial charge is 0.379 e. The van der Waals surface area contributed by atoms with Gasteiger partial charge in [-0.2, -0.15) is 0 Å². The van der Waals surface area contributed by atoms with Crippen molar-refractivity contribution in [3.05, 3.63) is 35.4 Å². The Labute approximate surface area is 174 Å². The van der Waals surface area contributed by atoms with E-state index in [0.29, 0.717) is 18.7 Å². The molecule has 0 spiro atoms. The molecule has 0 radical (unpaired) electrons. The summed E-state index contributed by atoms with van der Waals surface area (Å²) in [5.41, 5.74) is 1.74. The molecule has 148 valence electrons. The Hall–Kier alpha value is -1.35. The van der Waals surface area contributed by atoms with E-state index in [9.17, 15) is 4.79 Å². The third kappa shape index (κ3) is 8.35. The third-order valence-corrected chi connectivity index (χ3v) is 3.91. The zero-order chi connectivity index (χ0) is 18.9. The fraction of sp³-hybridized carbons (Fsp3) is 0.579. The first-order chi connectivity index (χ1) is 11.8. The zero-order valence-corrected chi connectivity index (χ0v) is 19.0. The maximum Gasteiger partial charge on any atom is 0.251 e. The van der Waals surface area contributed by atoms with Gasteiger partial charge in [0.2, 0.25) is 0 Å². The minimum Gasteiger partial charge on any atom is -0.379 e. The number of ether oxygens (including phenoxy) is 1. The van der Waals surface area contributed by atoms with Crippen LogP contribution in [0.2, 0.25) is 0 Å². The minimum atomic E-state index is -0.0853. The lowest BCUT2D eigenvalue weighted by Gasteiger charge is -2.30. The standard InChI is InChI=1S/C19H32N4O2.HI/c1-7-21-18(23-13-16(25-6)19(2,3)4)22-12-14-8-10-15(11-9-14)17(24)20-5;/h8-11,16H,7,12-13H2,1-6H3,(H,20,24)(H2,21,22,23);1H. The topological polar surface area (TPSA) is 74.8 Å². The number of nitrogens with one attached hydrogen (secondary N) is 3. The van der Waals surface area contributed by atoms with Crippen LogP contribution in [0.1, 0.15) is 43.6 Å². The summed E-state index contributed by atoms with van der Waals surface area (Å²) < 4.78 is 5.57. The predicted molar refractivity (Wildman–Crippen MR) is 118 cm³/mol. The molecule has 0 aliphatic heterocycles. The van der Waals surface area contributed by atoms with Crippen LogP contribution in [0.25, 0.3) is 0 Å². The molecule has 0 aromatic heterocycles. The van der Waals surface area contributed by atoms with E-state index in [1.807, 2.05) is 31.2 Å². The second-order valence-corrected chi connectivity index (χ2v) is 6.94. The van der Waals surface area contributed by atoms with Crippen LogP contribution in [0.3, 0.4) is 0 Å². The zero-order valence-electron chi connectivity index (χ0n) is 16.7. The molecular weight excluding hydrogens is 443 g/mol. The number of rotatable bonds is 7. The van der Waals surface area contributed by atoms with Gasteiger partial charge in [-0.15, -0.1) is 24.0 Å². The van der Waals surface area contributed by atoms with Crippen molar-refractivity contribution in [2.75, 3.05) is 27.2 Å². The number of carbonyl (C=O) groups excluding carboxylic acids is 1. The molecule has 1 atom stereocenters. The van der Waals surface area contributed by atoms with E-state index in [1.54, 1.807) is 14.2 Å². The average molecular weight is 476 g/mol. The molecule has 6 nitrogen and oxygen atoms in total. The van der Waals surface area contributed by atoms with Gasteiger partial charge < -0.3 is 20.7 Å². The molecule has 26 heavy (non-hydrogen) atoms. The van der Waals surface area contributed by atoms with Crippen LogP contribution in [-0.2, 0) is 11.3 Å². The average Bonchev–Trinajstić information content (AvgIpc) is 2.58. The molecular formula is C19H33IN4O2. The first kappa shape index (κ1) is 24.7. The first-order valence-electron chi connectivity index (χ1n) is 8.67. The quantitative estimate of drug-likeness (QED) is 0.322. The number of aliphatic imine (C=N–C) groups is 1. The van der Waals surface area contributed by atoms with Crippen molar-refractivity contribution in [1.29, 1.82) is 0 Å². The SMILES string of the molecule is CCNC(=NCc1ccc(C(=O)NC)cc1)NCC(OC)C(C)(C)C.I. The Balaban J connectivity index is 0.00000625. The number of benzene rings is 1. The van der Waals surface area contributed by atoms with Gasteiger partial charge in [-0.1, -0.05) is 32.9 Å². The molecule has 1 unspecified atom stereocenters. The highest BCUT2D eigenvalue weighted by Gasteiger charge is 2.24. The summed E-state index contributed by atoms with van der Waals surface area (Å²) in [6.07, 6.45) is 0.0863. The second-order valence-electron chi connectivity index (χ2n) is 6.94. The highest BCUT2D eigenvalue weighted by molar-refractivity contribution is 14.0. The lowest BCUT2D eigenvalue weighted by molar-refractivity contribution is 0.0205. The highest BCUT2D eigenvalue weighted by atomic mass is 127. The van der Waals surface area contributed by atoms with Gasteiger partial charge in [0.1, 0.15) is 0 Å². The predicted octanol–water partition coefficient (Wildman–Crippen LogP) is 2.78. The fourth-order valence-corrected chi connectivity index (χ4v) is 2.35. The van der Waals surface area contributed by atoms with Crippen LogP contribution in [-0.4, -0.2) is 45.2 Å². The molecule has 3 N–H and O–H groups in total. The second kappa shape index (κ2) is 12.1. The molecule has 1 aromatic rings. The number of carbonyl (C=O) groups is 1. The van der Waals surface area contributed by atoms with E-state index in [1.165, 1.54) is 0 Å². The van der Waals surface area contributed by atoms with Crippen LogP contribution in [0.4, 0.5) is 0 Å². The first-order valence-corrected chi connectivity index (χ1v) is 8.67. The van der Waals surface area contributed by atoms with Crippen molar-refractivity contribution in [1.82, 2.24) is 16.0 Å². The molecule has 0 bridgehead atoms. The molecule has 1 rings (SSSR count). The number of nitrogens with zero attached hydrogens (tertiary/aromatic N) is 1. The van der Waals surface area contributed by atoms with Gasteiger partial charge in [-0.3, -0.25) is 4.79 Å². The Bertz CT molecular complexity index is 568. The maximum absolute atomic E-state index is 11.6. The van der Waals surface area contributed by atoms with Gasteiger partial charge in [0, 0.05) is 32.8 Å². The van der Waals surface area contributed by atoms with Gasteiger partial charge in [0.25, 0.3) is 5.91 Å². The van der Waals surface area contributed by atoms with Crippen molar-refractivity contribution in [3.63, 3.8) is 0 Å². The Morgan fingerprint density at radius 2 is 1.81 bits per heavy atom. The number of methoxy groups -OCH3 is 1. The van der Waals surface area contributed by atoms with Crippen LogP contribution in [0, 0.1) is 5.41 Å². The summed E-state index contributed by atoms with van der Waals surface area (Å²) in [5.74, 6) is 0.669. The number of guanidine groups is 1. The van der Waals surface area contributed by atoms with Gasteiger partial charge in [0.05, 0.1) is 12.6 Å². The maximum atomic E-state index is 11.6. The monoisotopic (exact) mass is 476 g/mol. The minimum absolute atomic E-state index is 0. The molecule has 0 fully saturated rings. The Morgan fingerprint density at radius 3 is 2.27 bits per heavy atom. The van der Waals surface area contributed by atoms with Gasteiger partial charge in [-0.25, -0.2) is 4.99 Å². The van der Waals surface area contributed by atoms with E-state index in [-0.39, 0.29) is 41.4 Å². The van der Waals surface area contributed by atoms with Crippen LogP contribution in [0.15, 0.2) is 29.3 Å². The molecule has 0 saturated heterocycles. The van der Waals surface area contributed by atoms with Crippen molar-refractivity contribution in [3.8, 4) is 0 Å². The fourth-order valence-electron chi connectivity index (χ4n) is 2.35. The van der Waals surface area contributed by atoms with Crippen molar-refractivity contribution < 1.29 is 9.53 Å². The Kier molecular flexibility index (Phi) is 11.5. The van der Waals surface area contributed by atoms with E-state index in [4.69, 9.17) is 4.74 Å². The number of hydrogen-bond donors (Lipinski definition) is 3. The van der Waals surface area contributed by atoms with Gasteiger partial charge >= 0.3 is 0 Å². The third-order valence-electron chi connectivity index (χ3n) is 3.91. The molecule has 0 heterocycles. The summed E-state index contributed by atoms with van der Waals surface area (Å²) in [4.78, 5) is 16.2. The lowest BCUT2D eigenvalue weighted by Crippen LogP contribution is -2.45. The van der Waals surface area contributed by atoms with Gasteiger partial charge in [-0.05, 0) is 30.0 Å². The van der Waals surface area contributed by atoms with Crippen LogP contribution >= 0.6 is 24.0 Å². The highest BCUT2D eigenvalue weighted by Crippen LogP contribution is 2.20. The Morgan fingerprint density at radius 1 is 1.19 bits per heavy atom. The number of amides is 1. The van der Waals surface area contributed by atoms with Crippen molar-refractivity contribution in [2.24, 2.45) is 10.4 Å². The number of halogens is 1. The van der Waals surface area contributed by atoms with Crippen LogP contribution in [0.5, 0.6) is 0 Å². The number of hydrogen-bond acceptors (Lipinski definition) is 3. The smallest absolute Gasteiger partial charge is 0.251 e. The summed E-state index contributed by atoms with van der Waals surface area (Å²) in [5, 5.41) is 9.19. The molecule has 0 saturated carbocycles. The molecule has 1 amide bonds. The summed E-state index contributed by atoms with van der Waals surface area (Å²) in [7, 11) is 3.36. The molecule has 0 aliphatic carbocycles. The van der Waals surface area contributed by atoms with Crippen molar-refractivity contribution in [2.45, 2.75) is 40.3 Å². The summed E-state index contributed by atoms with van der Waals surface area (Å²) >= 11 is 0. The summed E-state index contributed by atoms with van der Waals surface area (Å²) in [6, 6.07) is 7.46.